The van der Waals surface area contributed by atoms with Gasteiger partial charge in [0.05, 0.1) is 6.61 Å². The second kappa shape index (κ2) is 5.71. The molecule has 1 fully saturated rings. The summed E-state index contributed by atoms with van der Waals surface area (Å²) in [6, 6.07) is 2.05. The Bertz CT molecular complexity index is 460. The average molecular weight is 280 g/mol. The third kappa shape index (κ3) is 3.42. The van der Waals surface area contributed by atoms with Gasteiger partial charge in [0, 0.05) is 34.8 Å². The van der Waals surface area contributed by atoms with Crippen LogP contribution in [0.4, 0.5) is 5.82 Å². The molecule has 0 aromatic carbocycles. The summed E-state index contributed by atoms with van der Waals surface area (Å²) in [5.41, 5.74) is 3.15. The minimum atomic E-state index is 0.0709. The molecule has 1 aliphatic rings. The van der Waals surface area contributed by atoms with Gasteiger partial charge in [0.25, 0.3) is 0 Å². The lowest BCUT2D eigenvalue weighted by atomic mass is 10.1. The van der Waals surface area contributed by atoms with Crippen molar-refractivity contribution >= 4 is 17.6 Å². The molecule has 4 heteroatoms. The van der Waals surface area contributed by atoms with Crippen LogP contribution in [0.5, 0.6) is 0 Å². The van der Waals surface area contributed by atoms with E-state index in [1.54, 1.807) is 0 Å². The SMILES string of the molecule is Cc1cc(C)c(CO)c(N2CCSC(C)(C)CC2)n1. The van der Waals surface area contributed by atoms with Crippen molar-refractivity contribution in [3.63, 3.8) is 0 Å². The molecule has 1 saturated heterocycles. The average Bonchev–Trinajstić information content (AvgIpc) is 2.49. The van der Waals surface area contributed by atoms with Crippen molar-refractivity contribution in [3.05, 3.63) is 22.9 Å². The lowest BCUT2D eigenvalue weighted by Gasteiger charge is -2.26. The summed E-state index contributed by atoms with van der Waals surface area (Å²) in [5, 5.41) is 9.62. The van der Waals surface area contributed by atoms with Gasteiger partial charge in [-0.2, -0.15) is 11.8 Å². The van der Waals surface area contributed by atoms with E-state index in [1.165, 1.54) is 0 Å². The molecule has 1 aromatic heterocycles. The van der Waals surface area contributed by atoms with E-state index in [4.69, 9.17) is 0 Å². The summed E-state index contributed by atoms with van der Waals surface area (Å²) in [5.74, 6) is 2.10. The van der Waals surface area contributed by atoms with E-state index >= 15 is 0 Å². The summed E-state index contributed by atoms with van der Waals surface area (Å²) >= 11 is 2.03. The van der Waals surface area contributed by atoms with Crippen molar-refractivity contribution in [2.45, 2.75) is 45.5 Å². The molecule has 0 radical (unpaired) electrons. The standard InChI is InChI=1S/C15H24N2OS/c1-11-9-12(2)16-14(13(11)10-18)17-6-5-15(3,4)19-8-7-17/h9,18H,5-8,10H2,1-4H3. The number of rotatable bonds is 2. The Hall–Kier alpha value is -0.740. The zero-order valence-electron chi connectivity index (χ0n) is 12.4. The minimum Gasteiger partial charge on any atom is -0.392 e. The number of pyridine rings is 1. The van der Waals surface area contributed by atoms with Gasteiger partial charge in [0.15, 0.2) is 0 Å². The van der Waals surface area contributed by atoms with Crippen LogP contribution in [0.25, 0.3) is 0 Å². The maximum absolute atomic E-state index is 9.62. The first kappa shape index (κ1) is 14.7. The number of aryl methyl sites for hydroxylation is 2. The topological polar surface area (TPSA) is 36.4 Å². The fourth-order valence-electron chi connectivity index (χ4n) is 2.53. The highest BCUT2D eigenvalue weighted by molar-refractivity contribution is 8.00. The van der Waals surface area contributed by atoms with Gasteiger partial charge in [0.1, 0.15) is 5.82 Å². The normalized spacial score (nSPS) is 19.3. The molecule has 1 N–H and O–H groups in total. The van der Waals surface area contributed by atoms with Crippen molar-refractivity contribution < 1.29 is 5.11 Å². The van der Waals surface area contributed by atoms with Crippen molar-refractivity contribution in [2.75, 3.05) is 23.7 Å². The zero-order valence-corrected chi connectivity index (χ0v) is 13.2. The van der Waals surface area contributed by atoms with Crippen LogP contribution in [0.3, 0.4) is 0 Å². The van der Waals surface area contributed by atoms with Crippen molar-refractivity contribution in [1.82, 2.24) is 4.98 Å². The van der Waals surface area contributed by atoms with Crippen LogP contribution in [0.1, 0.15) is 37.1 Å². The minimum absolute atomic E-state index is 0.0709. The number of nitrogens with zero attached hydrogens (tertiary/aromatic N) is 2. The quantitative estimate of drug-likeness (QED) is 0.903. The molecule has 0 unspecified atom stereocenters. The molecule has 1 aliphatic heterocycles. The second-order valence-corrected chi connectivity index (χ2v) is 7.69. The first-order valence-electron chi connectivity index (χ1n) is 6.90. The number of thioether (sulfide) groups is 1. The summed E-state index contributed by atoms with van der Waals surface area (Å²) < 4.78 is 0.340. The Morgan fingerprint density at radius 2 is 2.11 bits per heavy atom. The number of aromatic nitrogens is 1. The summed E-state index contributed by atoms with van der Waals surface area (Å²) in [4.78, 5) is 7.02. The van der Waals surface area contributed by atoms with Gasteiger partial charge < -0.3 is 10.0 Å². The van der Waals surface area contributed by atoms with Gasteiger partial charge in [-0.25, -0.2) is 4.98 Å². The Kier molecular flexibility index (Phi) is 4.41. The lowest BCUT2D eigenvalue weighted by Crippen LogP contribution is -2.29. The first-order valence-corrected chi connectivity index (χ1v) is 7.88. The molecule has 3 nitrogen and oxygen atoms in total. The summed E-state index contributed by atoms with van der Waals surface area (Å²) in [6.07, 6.45) is 1.15. The number of aliphatic hydroxyl groups is 1. The van der Waals surface area contributed by atoms with E-state index in [0.717, 1.165) is 47.9 Å². The van der Waals surface area contributed by atoms with Crippen LogP contribution in [0, 0.1) is 13.8 Å². The third-order valence-electron chi connectivity index (χ3n) is 3.75. The number of hydrogen-bond donors (Lipinski definition) is 1. The Morgan fingerprint density at radius 3 is 2.79 bits per heavy atom. The predicted molar refractivity (Wildman–Crippen MR) is 83.0 cm³/mol. The molecule has 1 aromatic rings. The molecule has 0 spiro atoms. The number of hydrogen-bond acceptors (Lipinski definition) is 4. The highest BCUT2D eigenvalue weighted by Gasteiger charge is 2.25. The third-order valence-corrected chi connectivity index (χ3v) is 5.12. The van der Waals surface area contributed by atoms with E-state index < -0.39 is 0 Å². The van der Waals surface area contributed by atoms with Gasteiger partial charge in [-0.15, -0.1) is 0 Å². The van der Waals surface area contributed by atoms with E-state index in [-0.39, 0.29) is 6.61 Å². The molecule has 0 saturated carbocycles. The molecule has 2 heterocycles. The Labute approximate surface area is 120 Å². The Balaban J connectivity index is 2.31. The smallest absolute Gasteiger partial charge is 0.134 e. The van der Waals surface area contributed by atoms with Gasteiger partial charge in [0.2, 0.25) is 0 Å². The first-order chi connectivity index (χ1) is 8.93. The summed E-state index contributed by atoms with van der Waals surface area (Å²) in [6.45, 7) is 10.8. The number of anilines is 1. The van der Waals surface area contributed by atoms with Crippen LogP contribution < -0.4 is 4.90 Å². The number of aliphatic hydroxyl groups excluding tert-OH is 1. The highest BCUT2D eigenvalue weighted by Crippen LogP contribution is 2.33. The van der Waals surface area contributed by atoms with Crippen LogP contribution >= 0.6 is 11.8 Å². The van der Waals surface area contributed by atoms with Crippen molar-refractivity contribution in [1.29, 1.82) is 0 Å². The van der Waals surface area contributed by atoms with Gasteiger partial charge >= 0.3 is 0 Å². The lowest BCUT2D eigenvalue weighted by molar-refractivity contribution is 0.280. The zero-order chi connectivity index (χ0) is 14.0. The van der Waals surface area contributed by atoms with Crippen LogP contribution in [-0.4, -0.2) is 33.7 Å². The molecule has 0 atom stereocenters. The monoisotopic (exact) mass is 280 g/mol. The second-order valence-electron chi connectivity index (χ2n) is 5.89. The van der Waals surface area contributed by atoms with E-state index in [9.17, 15) is 5.11 Å². The van der Waals surface area contributed by atoms with Crippen LogP contribution in [0.2, 0.25) is 0 Å². The summed E-state index contributed by atoms with van der Waals surface area (Å²) in [7, 11) is 0. The Morgan fingerprint density at radius 1 is 1.37 bits per heavy atom. The molecule has 0 amide bonds. The van der Waals surface area contributed by atoms with Crippen LogP contribution in [0.15, 0.2) is 6.07 Å². The van der Waals surface area contributed by atoms with Gasteiger partial charge in [-0.3, -0.25) is 0 Å². The van der Waals surface area contributed by atoms with Gasteiger partial charge in [-0.1, -0.05) is 13.8 Å². The van der Waals surface area contributed by atoms with E-state index in [1.807, 2.05) is 24.8 Å². The van der Waals surface area contributed by atoms with Crippen molar-refractivity contribution in [2.24, 2.45) is 0 Å². The molecular formula is C15H24N2OS. The molecule has 0 aliphatic carbocycles. The fraction of sp³-hybridized carbons (Fsp3) is 0.667. The fourth-order valence-corrected chi connectivity index (χ4v) is 3.63. The molecular weight excluding hydrogens is 256 g/mol. The predicted octanol–water partition coefficient (Wildman–Crippen LogP) is 2.91. The highest BCUT2D eigenvalue weighted by atomic mass is 32.2. The van der Waals surface area contributed by atoms with Crippen LogP contribution in [-0.2, 0) is 6.61 Å². The maximum atomic E-state index is 9.62. The molecule has 106 valence electrons. The molecule has 19 heavy (non-hydrogen) atoms. The van der Waals surface area contributed by atoms with E-state index in [0.29, 0.717) is 4.75 Å². The van der Waals surface area contributed by atoms with Gasteiger partial charge in [-0.05, 0) is 31.9 Å². The largest absolute Gasteiger partial charge is 0.392 e. The molecule has 2 rings (SSSR count). The van der Waals surface area contributed by atoms with E-state index in [2.05, 4.69) is 30.7 Å². The molecule has 0 bridgehead atoms. The van der Waals surface area contributed by atoms with Crippen molar-refractivity contribution in [3.8, 4) is 0 Å². The maximum Gasteiger partial charge on any atom is 0.134 e.